The van der Waals surface area contributed by atoms with E-state index < -0.39 is 0 Å². The van der Waals surface area contributed by atoms with Crippen molar-refractivity contribution < 1.29 is 5.11 Å². The van der Waals surface area contributed by atoms with Gasteiger partial charge in [0.2, 0.25) is 0 Å². The molecule has 0 fully saturated rings. The summed E-state index contributed by atoms with van der Waals surface area (Å²) in [5, 5.41) is 19.7. The molecule has 0 radical (unpaired) electrons. The number of aliphatic hydroxyl groups is 1. The molecular formula is C14H15N3O. The van der Waals surface area contributed by atoms with Crippen LogP contribution in [0.3, 0.4) is 0 Å². The molecule has 92 valence electrons. The molecule has 0 amide bonds. The Hall–Kier alpha value is -2.20. The zero-order valence-electron chi connectivity index (χ0n) is 9.95. The quantitative estimate of drug-likeness (QED) is 0.841. The fourth-order valence-corrected chi connectivity index (χ4v) is 1.46. The van der Waals surface area contributed by atoms with Crippen LogP contribution in [0.4, 0.5) is 5.82 Å². The Labute approximate surface area is 106 Å². The van der Waals surface area contributed by atoms with Gasteiger partial charge in [0.05, 0.1) is 12.3 Å². The normalized spacial score (nSPS) is 10.7. The third-order valence-corrected chi connectivity index (χ3v) is 2.35. The maximum Gasteiger partial charge on any atom is 0.148 e. The van der Waals surface area contributed by atoms with Gasteiger partial charge in [-0.25, -0.2) is 0 Å². The van der Waals surface area contributed by atoms with Gasteiger partial charge in [0.1, 0.15) is 5.82 Å². The van der Waals surface area contributed by atoms with Gasteiger partial charge >= 0.3 is 0 Å². The number of nitrogens with one attached hydrogen (secondary N) is 1. The molecule has 1 heterocycles. The summed E-state index contributed by atoms with van der Waals surface area (Å²) < 4.78 is 0. The van der Waals surface area contributed by atoms with Crippen LogP contribution >= 0.6 is 0 Å². The lowest BCUT2D eigenvalue weighted by Crippen LogP contribution is -2.07. The summed E-state index contributed by atoms with van der Waals surface area (Å²) in [4.78, 5) is 0. The first kappa shape index (κ1) is 12.3. The van der Waals surface area contributed by atoms with Gasteiger partial charge in [-0.1, -0.05) is 36.4 Å². The SMILES string of the molecule is OCCNc1ccc(/C=C/c2ccccc2)nn1. The van der Waals surface area contributed by atoms with Crippen LogP contribution < -0.4 is 5.32 Å². The number of anilines is 1. The summed E-state index contributed by atoms with van der Waals surface area (Å²) in [5.74, 6) is 0.668. The van der Waals surface area contributed by atoms with Gasteiger partial charge in [0.15, 0.2) is 0 Å². The van der Waals surface area contributed by atoms with E-state index in [2.05, 4.69) is 15.5 Å². The summed E-state index contributed by atoms with van der Waals surface area (Å²) in [6.07, 6.45) is 3.91. The summed E-state index contributed by atoms with van der Waals surface area (Å²) in [5.41, 5.74) is 1.93. The molecule has 0 aliphatic heterocycles. The van der Waals surface area contributed by atoms with Crippen molar-refractivity contribution in [2.75, 3.05) is 18.5 Å². The average Bonchev–Trinajstić information content (AvgIpc) is 2.45. The van der Waals surface area contributed by atoms with Crippen LogP contribution in [0.1, 0.15) is 11.3 Å². The second-order valence-corrected chi connectivity index (χ2v) is 3.74. The lowest BCUT2D eigenvalue weighted by Gasteiger charge is -2.01. The molecule has 0 saturated heterocycles. The first-order valence-corrected chi connectivity index (χ1v) is 5.80. The van der Waals surface area contributed by atoms with E-state index in [1.54, 1.807) is 0 Å². The molecule has 1 aromatic heterocycles. The van der Waals surface area contributed by atoms with Crippen LogP contribution in [0, 0.1) is 0 Å². The van der Waals surface area contributed by atoms with Crippen LogP contribution in [-0.2, 0) is 0 Å². The number of hydrogen-bond donors (Lipinski definition) is 2. The minimum absolute atomic E-state index is 0.0807. The van der Waals surface area contributed by atoms with Crippen molar-refractivity contribution in [1.82, 2.24) is 10.2 Å². The lowest BCUT2D eigenvalue weighted by atomic mass is 10.2. The molecule has 0 atom stereocenters. The van der Waals surface area contributed by atoms with E-state index in [1.807, 2.05) is 54.6 Å². The summed E-state index contributed by atoms with van der Waals surface area (Å²) in [6.45, 7) is 0.561. The molecular weight excluding hydrogens is 226 g/mol. The van der Waals surface area contributed by atoms with Crippen LogP contribution in [0.15, 0.2) is 42.5 Å². The Morgan fingerprint density at radius 1 is 1.00 bits per heavy atom. The van der Waals surface area contributed by atoms with Gasteiger partial charge in [0, 0.05) is 6.54 Å². The minimum Gasteiger partial charge on any atom is -0.395 e. The molecule has 0 bridgehead atoms. The standard InChI is InChI=1S/C14H15N3O/c18-11-10-15-14-9-8-13(16-17-14)7-6-12-4-2-1-3-5-12/h1-9,18H,10-11H2,(H,15,17)/b7-6+. The Bertz CT molecular complexity index is 494. The highest BCUT2D eigenvalue weighted by atomic mass is 16.3. The van der Waals surface area contributed by atoms with Crippen LogP contribution in [0.2, 0.25) is 0 Å². The van der Waals surface area contributed by atoms with Gasteiger partial charge in [-0.2, -0.15) is 0 Å². The third-order valence-electron chi connectivity index (χ3n) is 2.35. The first-order chi connectivity index (χ1) is 8.88. The van der Waals surface area contributed by atoms with Crippen LogP contribution in [0.5, 0.6) is 0 Å². The van der Waals surface area contributed by atoms with Crippen molar-refractivity contribution in [2.24, 2.45) is 0 Å². The second-order valence-electron chi connectivity index (χ2n) is 3.74. The minimum atomic E-state index is 0.0807. The Morgan fingerprint density at radius 2 is 1.83 bits per heavy atom. The van der Waals surface area contributed by atoms with E-state index in [0.29, 0.717) is 12.4 Å². The number of aliphatic hydroxyl groups excluding tert-OH is 1. The van der Waals surface area contributed by atoms with Crippen molar-refractivity contribution in [3.8, 4) is 0 Å². The van der Waals surface area contributed by atoms with Crippen molar-refractivity contribution in [3.63, 3.8) is 0 Å². The van der Waals surface area contributed by atoms with Gasteiger partial charge in [-0.3, -0.25) is 0 Å². The molecule has 2 N–H and O–H groups in total. The van der Waals surface area contributed by atoms with E-state index in [0.717, 1.165) is 11.3 Å². The van der Waals surface area contributed by atoms with Gasteiger partial charge in [0.25, 0.3) is 0 Å². The van der Waals surface area contributed by atoms with Crippen LogP contribution in [0.25, 0.3) is 12.2 Å². The highest BCUT2D eigenvalue weighted by molar-refractivity contribution is 5.67. The molecule has 0 spiro atoms. The Kier molecular flexibility index (Phi) is 4.44. The van der Waals surface area contributed by atoms with Crippen LogP contribution in [-0.4, -0.2) is 28.5 Å². The van der Waals surface area contributed by atoms with Crippen molar-refractivity contribution in [2.45, 2.75) is 0 Å². The molecule has 0 aliphatic carbocycles. The Morgan fingerprint density at radius 3 is 2.50 bits per heavy atom. The number of benzene rings is 1. The van der Waals surface area contributed by atoms with Crippen molar-refractivity contribution in [1.29, 1.82) is 0 Å². The van der Waals surface area contributed by atoms with Crippen molar-refractivity contribution in [3.05, 3.63) is 53.7 Å². The maximum absolute atomic E-state index is 8.67. The zero-order chi connectivity index (χ0) is 12.6. The maximum atomic E-state index is 8.67. The predicted molar refractivity (Wildman–Crippen MR) is 73.0 cm³/mol. The topological polar surface area (TPSA) is 58.0 Å². The predicted octanol–water partition coefficient (Wildman–Crippen LogP) is 2.05. The Balaban J connectivity index is 2.00. The van der Waals surface area contributed by atoms with E-state index in [4.69, 9.17) is 5.11 Å². The third kappa shape index (κ3) is 3.68. The fourth-order valence-electron chi connectivity index (χ4n) is 1.46. The molecule has 1 aromatic carbocycles. The van der Waals surface area contributed by atoms with E-state index >= 15 is 0 Å². The highest BCUT2D eigenvalue weighted by Crippen LogP contribution is 2.07. The molecule has 4 heteroatoms. The lowest BCUT2D eigenvalue weighted by molar-refractivity contribution is 0.311. The van der Waals surface area contributed by atoms with Gasteiger partial charge < -0.3 is 10.4 Å². The monoisotopic (exact) mass is 241 g/mol. The zero-order valence-corrected chi connectivity index (χ0v) is 9.95. The molecule has 0 unspecified atom stereocenters. The van der Waals surface area contributed by atoms with Gasteiger partial charge in [-0.05, 0) is 23.8 Å². The van der Waals surface area contributed by atoms with E-state index in [1.165, 1.54) is 0 Å². The molecule has 4 nitrogen and oxygen atoms in total. The molecule has 18 heavy (non-hydrogen) atoms. The van der Waals surface area contributed by atoms with E-state index in [-0.39, 0.29) is 6.61 Å². The average molecular weight is 241 g/mol. The first-order valence-electron chi connectivity index (χ1n) is 5.80. The largest absolute Gasteiger partial charge is 0.395 e. The van der Waals surface area contributed by atoms with Gasteiger partial charge in [-0.15, -0.1) is 10.2 Å². The second kappa shape index (κ2) is 6.51. The number of hydrogen-bond acceptors (Lipinski definition) is 4. The number of nitrogens with zero attached hydrogens (tertiary/aromatic N) is 2. The summed E-state index contributed by atoms with van der Waals surface area (Å²) in [7, 11) is 0. The number of aromatic nitrogens is 2. The van der Waals surface area contributed by atoms with Crippen molar-refractivity contribution >= 4 is 18.0 Å². The molecule has 0 aliphatic rings. The van der Waals surface area contributed by atoms with E-state index in [9.17, 15) is 0 Å². The fraction of sp³-hybridized carbons (Fsp3) is 0.143. The highest BCUT2D eigenvalue weighted by Gasteiger charge is 1.94. The number of rotatable bonds is 5. The smallest absolute Gasteiger partial charge is 0.148 e. The molecule has 2 aromatic rings. The summed E-state index contributed by atoms with van der Waals surface area (Å²) in [6, 6.07) is 13.8. The molecule has 2 rings (SSSR count). The molecule has 0 saturated carbocycles. The summed E-state index contributed by atoms with van der Waals surface area (Å²) >= 11 is 0.